The third kappa shape index (κ3) is 28.7. The molecule has 0 saturated heterocycles. The third-order valence-electron chi connectivity index (χ3n) is 5.90. The van der Waals surface area contributed by atoms with Crippen molar-refractivity contribution in [2.45, 2.75) is 133 Å². The second-order valence-corrected chi connectivity index (χ2v) is 11.3. The SMILES string of the molecule is C=CC(CC/C=C(\C)CCC=C(C)C)CCC(C)C.CC(C)=CCC/C(C)=C/CCC(C)C. The fourth-order valence-electron chi connectivity index (χ4n) is 3.52. The highest BCUT2D eigenvalue weighted by molar-refractivity contribution is 5.03. The minimum Gasteiger partial charge on any atom is -0.103 e. The van der Waals surface area contributed by atoms with Crippen LogP contribution in [0.25, 0.3) is 0 Å². The van der Waals surface area contributed by atoms with Crippen LogP contribution in [0.4, 0.5) is 0 Å². The first kappa shape index (κ1) is 33.9. The van der Waals surface area contributed by atoms with Crippen LogP contribution in [0.15, 0.2) is 59.3 Å². The molecule has 0 aliphatic heterocycles. The molecule has 0 spiro atoms. The Morgan fingerprint density at radius 2 is 0.970 bits per heavy atom. The van der Waals surface area contributed by atoms with Gasteiger partial charge in [-0.15, -0.1) is 6.58 Å². The first-order chi connectivity index (χ1) is 15.5. The Bertz CT molecular complexity index is 584. The van der Waals surface area contributed by atoms with Crippen molar-refractivity contribution in [3.63, 3.8) is 0 Å². The molecule has 0 saturated carbocycles. The van der Waals surface area contributed by atoms with Gasteiger partial charge in [0.25, 0.3) is 0 Å². The zero-order chi connectivity index (χ0) is 25.6. The lowest BCUT2D eigenvalue weighted by Gasteiger charge is -2.12. The molecule has 0 radical (unpaired) electrons. The maximum Gasteiger partial charge on any atom is -0.0233 e. The summed E-state index contributed by atoms with van der Waals surface area (Å²) in [6, 6.07) is 0. The second-order valence-electron chi connectivity index (χ2n) is 11.3. The van der Waals surface area contributed by atoms with Gasteiger partial charge in [0.2, 0.25) is 0 Å². The van der Waals surface area contributed by atoms with Gasteiger partial charge in [-0.2, -0.15) is 0 Å². The molecule has 0 bridgehead atoms. The van der Waals surface area contributed by atoms with Crippen LogP contribution in [0.2, 0.25) is 0 Å². The molecule has 0 aromatic carbocycles. The fourth-order valence-corrected chi connectivity index (χ4v) is 3.52. The van der Waals surface area contributed by atoms with E-state index in [0.29, 0.717) is 5.92 Å². The van der Waals surface area contributed by atoms with Gasteiger partial charge in [0.15, 0.2) is 0 Å². The van der Waals surface area contributed by atoms with E-state index < -0.39 is 0 Å². The maximum absolute atomic E-state index is 3.98. The van der Waals surface area contributed by atoms with E-state index >= 15 is 0 Å². The van der Waals surface area contributed by atoms with Crippen LogP contribution in [0.3, 0.4) is 0 Å². The first-order valence-electron chi connectivity index (χ1n) is 13.7. The van der Waals surface area contributed by atoms with Gasteiger partial charge >= 0.3 is 0 Å². The van der Waals surface area contributed by atoms with Crippen molar-refractivity contribution >= 4 is 0 Å². The van der Waals surface area contributed by atoms with Crippen LogP contribution in [-0.2, 0) is 0 Å². The highest BCUT2D eigenvalue weighted by Crippen LogP contribution is 2.19. The lowest BCUT2D eigenvalue weighted by Crippen LogP contribution is -1.98. The number of hydrogen-bond acceptors (Lipinski definition) is 0. The highest BCUT2D eigenvalue weighted by Gasteiger charge is 2.04. The van der Waals surface area contributed by atoms with Gasteiger partial charge in [-0.3, -0.25) is 0 Å². The predicted octanol–water partition coefficient (Wildman–Crippen LogP) is 11.8. The van der Waals surface area contributed by atoms with Crippen molar-refractivity contribution in [1.29, 1.82) is 0 Å². The fraction of sp³-hybridized carbons (Fsp3) is 0.697. The summed E-state index contributed by atoms with van der Waals surface area (Å²) in [6.45, 7) is 26.3. The Labute approximate surface area is 210 Å². The molecule has 0 N–H and O–H groups in total. The van der Waals surface area contributed by atoms with E-state index in [0.717, 1.165) is 11.8 Å². The van der Waals surface area contributed by atoms with Gasteiger partial charge < -0.3 is 0 Å². The molecule has 0 aliphatic rings. The van der Waals surface area contributed by atoms with E-state index in [1.54, 1.807) is 5.57 Å². The van der Waals surface area contributed by atoms with Crippen LogP contribution >= 0.6 is 0 Å². The lowest BCUT2D eigenvalue weighted by atomic mass is 9.93. The van der Waals surface area contributed by atoms with Gasteiger partial charge in [-0.25, -0.2) is 0 Å². The Hall–Kier alpha value is -1.30. The van der Waals surface area contributed by atoms with Gasteiger partial charge in [0.05, 0.1) is 0 Å². The Kier molecular flexibility index (Phi) is 23.1. The number of rotatable bonds is 16. The monoisotopic (exact) mass is 456 g/mol. The van der Waals surface area contributed by atoms with E-state index in [-0.39, 0.29) is 0 Å². The molecule has 0 amide bonds. The molecule has 33 heavy (non-hydrogen) atoms. The Morgan fingerprint density at radius 1 is 0.545 bits per heavy atom. The predicted molar refractivity (Wildman–Crippen MR) is 156 cm³/mol. The van der Waals surface area contributed by atoms with E-state index in [1.165, 1.54) is 80.9 Å². The molecule has 0 heterocycles. The number of hydrogen-bond donors (Lipinski definition) is 0. The van der Waals surface area contributed by atoms with Gasteiger partial charge in [-0.05, 0) is 117 Å². The first-order valence-corrected chi connectivity index (χ1v) is 13.7. The third-order valence-corrected chi connectivity index (χ3v) is 5.90. The summed E-state index contributed by atoms with van der Waals surface area (Å²) in [4.78, 5) is 0. The van der Waals surface area contributed by atoms with E-state index in [1.807, 2.05) is 0 Å². The summed E-state index contributed by atoms with van der Waals surface area (Å²) in [7, 11) is 0. The van der Waals surface area contributed by atoms with Crippen LogP contribution < -0.4 is 0 Å². The van der Waals surface area contributed by atoms with Gasteiger partial charge in [0.1, 0.15) is 0 Å². The molecule has 0 aromatic heterocycles. The lowest BCUT2D eigenvalue weighted by molar-refractivity contribution is 0.463. The van der Waals surface area contributed by atoms with E-state index in [9.17, 15) is 0 Å². The molecule has 0 heteroatoms. The largest absolute Gasteiger partial charge is 0.103 e. The normalized spacial score (nSPS) is 12.8. The number of allylic oxidation sites excluding steroid dienone is 9. The summed E-state index contributed by atoms with van der Waals surface area (Å²) < 4.78 is 0. The van der Waals surface area contributed by atoms with Crippen molar-refractivity contribution in [3.8, 4) is 0 Å². The molecule has 0 aromatic rings. The molecule has 0 rings (SSSR count). The minimum absolute atomic E-state index is 0.698. The van der Waals surface area contributed by atoms with Gasteiger partial charge in [-0.1, -0.05) is 86.8 Å². The quantitative estimate of drug-likeness (QED) is 0.202. The summed E-state index contributed by atoms with van der Waals surface area (Å²) in [5.74, 6) is 2.34. The smallest absolute Gasteiger partial charge is 0.0233 e. The van der Waals surface area contributed by atoms with E-state index in [4.69, 9.17) is 0 Å². The van der Waals surface area contributed by atoms with Crippen molar-refractivity contribution in [3.05, 3.63) is 59.3 Å². The van der Waals surface area contributed by atoms with Crippen LogP contribution in [0.5, 0.6) is 0 Å². The molecule has 0 nitrogen and oxygen atoms in total. The summed E-state index contributed by atoms with van der Waals surface area (Å²) >= 11 is 0. The van der Waals surface area contributed by atoms with Crippen molar-refractivity contribution in [2.75, 3.05) is 0 Å². The molecule has 1 unspecified atom stereocenters. The standard InChI is InChI=1S/C19H34.C14H26/c1-7-19(15-14-17(4)5)13-9-12-18(6)11-8-10-16(2)3;1-12(2)8-6-10-14(5)11-7-9-13(3)4/h7,10,12,17,19H,1,8-9,11,13-15H2,2-6H3;8,11,13H,6-7,9-10H2,1-5H3/b18-12+;14-11+. The molecule has 1 atom stereocenters. The van der Waals surface area contributed by atoms with Crippen LogP contribution in [-0.4, -0.2) is 0 Å². The molecular formula is C33H60. The van der Waals surface area contributed by atoms with Gasteiger partial charge in [0, 0.05) is 0 Å². The summed E-state index contributed by atoms with van der Waals surface area (Å²) in [5, 5.41) is 0. The average molecular weight is 457 g/mol. The maximum atomic E-state index is 3.98. The summed E-state index contributed by atoms with van der Waals surface area (Å²) in [6.07, 6.45) is 24.1. The zero-order valence-electron chi connectivity index (χ0n) is 24.4. The molecule has 0 fully saturated rings. The Morgan fingerprint density at radius 3 is 1.33 bits per heavy atom. The van der Waals surface area contributed by atoms with Crippen molar-refractivity contribution in [1.82, 2.24) is 0 Å². The molecular weight excluding hydrogens is 396 g/mol. The topological polar surface area (TPSA) is 0 Å². The zero-order valence-corrected chi connectivity index (χ0v) is 24.4. The average Bonchev–Trinajstić information content (AvgIpc) is 2.70. The second kappa shape index (κ2) is 22.5. The molecule has 0 aliphatic carbocycles. The molecule has 192 valence electrons. The highest BCUT2D eigenvalue weighted by atomic mass is 14.1. The van der Waals surface area contributed by atoms with Crippen molar-refractivity contribution in [2.24, 2.45) is 17.8 Å². The van der Waals surface area contributed by atoms with Crippen molar-refractivity contribution < 1.29 is 0 Å². The van der Waals surface area contributed by atoms with E-state index in [2.05, 4.69) is 106 Å². The minimum atomic E-state index is 0.698. The van der Waals surface area contributed by atoms with Crippen LogP contribution in [0.1, 0.15) is 133 Å². The summed E-state index contributed by atoms with van der Waals surface area (Å²) in [5.41, 5.74) is 5.93. The van der Waals surface area contributed by atoms with Crippen LogP contribution in [0, 0.1) is 17.8 Å². The Balaban J connectivity index is 0.